The molecule has 30 heavy (non-hydrogen) atoms. The lowest BCUT2D eigenvalue weighted by Gasteiger charge is -2.19. The highest BCUT2D eigenvalue weighted by atomic mass is 16.6. The summed E-state index contributed by atoms with van der Waals surface area (Å²) in [7, 11) is 0. The summed E-state index contributed by atoms with van der Waals surface area (Å²) in [4.78, 5) is 24.8. The number of benzene rings is 2. The number of carbonyl (C=O) groups is 2. The number of amides is 2. The maximum Gasteiger partial charge on any atom is 0.251 e. The third kappa shape index (κ3) is 4.47. The van der Waals surface area contributed by atoms with Crippen LogP contribution in [0.3, 0.4) is 0 Å². The number of hydrogen-bond donors (Lipinski definition) is 2. The van der Waals surface area contributed by atoms with Crippen molar-refractivity contribution in [3.8, 4) is 11.5 Å². The summed E-state index contributed by atoms with van der Waals surface area (Å²) < 4.78 is 17.5. The molecule has 4 rings (SSSR count). The standard InChI is InChI=1S/C23H26N2O5/c1-14(2)22(26)24-18-12-28-21-19(13-29-20(18)21)25-23(27)15-7-6-10-17(11-15)30-16-8-4-3-5-9-16/h3-11,14,18-21H,12-13H2,1-2H3,(H,24,26)(H,25,27)/t18-,19-,20+,21+/m0/s1. The number of fused-ring (bicyclic) bond motifs is 1. The van der Waals surface area contributed by atoms with Crippen LogP contribution in [0.2, 0.25) is 0 Å². The maximum atomic E-state index is 12.8. The zero-order chi connectivity index (χ0) is 21.1. The molecule has 2 aliphatic rings. The molecule has 2 fully saturated rings. The van der Waals surface area contributed by atoms with Crippen molar-refractivity contribution < 1.29 is 23.8 Å². The summed E-state index contributed by atoms with van der Waals surface area (Å²) in [6.07, 6.45) is -0.541. The quantitative estimate of drug-likeness (QED) is 0.764. The lowest BCUT2D eigenvalue weighted by atomic mass is 10.0. The molecule has 0 saturated carbocycles. The molecule has 2 saturated heterocycles. The summed E-state index contributed by atoms with van der Waals surface area (Å²) in [6.45, 7) is 4.41. The topological polar surface area (TPSA) is 85.9 Å². The first-order chi connectivity index (χ1) is 14.5. The van der Waals surface area contributed by atoms with Gasteiger partial charge in [-0.25, -0.2) is 0 Å². The van der Waals surface area contributed by atoms with Crippen LogP contribution in [0.4, 0.5) is 0 Å². The van der Waals surface area contributed by atoms with Crippen LogP contribution < -0.4 is 15.4 Å². The Kier molecular flexibility index (Phi) is 6.01. The van der Waals surface area contributed by atoms with E-state index < -0.39 is 0 Å². The fourth-order valence-electron chi connectivity index (χ4n) is 3.67. The molecule has 4 atom stereocenters. The van der Waals surface area contributed by atoms with Gasteiger partial charge >= 0.3 is 0 Å². The average Bonchev–Trinajstić information content (AvgIpc) is 3.32. The fourth-order valence-corrected chi connectivity index (χ4v) is 3.67. The van der Waals surface area contributed by atoms with E-state index in [9.17, 15) is 9.59 Å². The van der Waals surface area contributed by atoms with Crippen LogP contribution in [0.25, 0.3) is 0 Å². The number of rotatable bonds is 6. The van der Waals surface area contributed by atoms with Crippen LogP contribution >= 0.6 is 0 Å². The Bertz CT molecular complexity index is 901. The Morgan fingerprint density at radius 2 is 1.53 bits per heavy atom. The van der Waals surface area contributed by atoms with E-state index in [1.807, 2.05) is 44.2 Å². The van der Waals surface area contributed by atoms with E-state index in [1.54, 1.807) is 24.3 Å². The second-order valence-corrected chi connectivity index (χ2v) is 7.89. The van der Waals surface area contributed by atoms with Gasteiger partial charge in [0.2, 0.25) is 5.91 Å². The molecular weight excluding hydrogens is 384 g/mol. The van der Waals surface area contributed by atoms with E-state index in [-0.39, 0.29) is 42.0 Å². The molecule has 0 radical (unpaired) electrons. The Balaban J connectivity index is 1.37. The van der Waals surface area contributed by atoms with Crippen molar-refractivity contribution in [1.82, 2.24) is 10.6 Å². The third-order valence-corrected chi connectivity index (χ3v) is 5.30. The third-order valence-electron chi connectivity index (χ3n) is 5.30. The Labute approximate surface area is 175 Å². The predicted molar refractivity (Wildman–Crippen MR) is 110 cm³/mol. The number of hydrogen-bond acceptors (Lipinski definition) is 5. The van der Waals surface area contributed by atoms with Crippen molar-refractivity contribution >= 4 is 11.8 Å². The SMILES string of the molecule is CC(C)C(=O)N[C@H]1CO[C@H]2[C@@H]1OC[C@@H]2NC(=O)c1cccc(Oc2ccccc2)c1. The van der Waals surface area contributed by atoms with E-state index in [2.05, 4.69) is 10.6 Å². The highest BCUT2D eigenvalue weighted by molar-refractivity contribution is 5.94. The number of ether oxygens (including phenoxy) is 3. The first-order valence-electron chi connectivity index (χ1n) is 10.2. The van der Waals surface area contributed by atoms with Gasteiger partial charge < -0.3 is 24.8 Å². The van der Waals surface area contributed by atoms with Crippen LogP contribution in [-0.2, 0) is 14.3 Å². The van der Waals surface area contributed by atoms with Crippen molar-refractivity contribution in [3.63, 3.8) is 0 Å². The first kappa shape index (κ1) is 20.4. The second-order valence-electron chi connectivity index (χ2n) is 7.89. The minimum atomic E-state index is -0.282. The number of para-hydroxylation sites is 1. The maximum absolute atomic E-state index is 12.8. The summed E-state index contributed by atoms with van der Waals surface area (Å²) in [5.41, 5.74) is 0.495. The second kappa shape index (κ2) is 8.85. The fraction of sp³-hybridized carbons (Fsp3) is 0.391. The van der Waals surface area contributed by atoms with E-state index in [4.69, 9.17) is 14.2 Å². The zero-order valence-electron chi connectivity index (χ0n) is 17.0. The molecule has 0 aromatic heterocycles. The Hall–Kier alpha value is -2.90. The van der Waals surface area contributed by atoms with Gasteiger partial charge in [-0.2, -0.15) is 0 Å². The Morgan fingerprint density at radius 3 is 2.20 bits per heavy atom. The number of nitrogens with one attached hydrogen (secondary N) is 2. The summed E-state index contributed by atoms with van der Waals surface area (Å²) in [5.74, 6) is 0.932. The van der Waals surface area contributed by atoms with Gasteiger partial charge in [-0.05, 0) is 30.3 Å². The van der Waals surface area contributed by atoms with Crippen LogP contribution in [0.5, 0.6) is 11.5 Å². The Morgan fingerprint density at radius 1 is 0.900 bits per heavy atom. The lowest BCUT2D eigenvalue weighted by Crippen LogP contribution is -2.47. The van der Waals surface area contributed by atoms with Crippen molar-refractivity contribution in [2.45, 2.75) is 38.1 Å². The van der Waals surface area contributed by atoms with Gasteiger partial charge in [0.05, 0.1) is 25.3 Å². The minimum Gasteiger partial charge on any atom is -0.457 e. The molecule has 0 aliphatic carbocycles. The van der Waals surface area contributed by atoms with Gasteiger partial charge in [-0.15, -0.1) is 0 Å². The van der Waals surface area contributed by atoms with Crippen molar-refractivity contribution in [2.24, 2.45) is 5.92 Å². The van der Waals surface area contributed by atoms with Gasteiger partial charge in [0.1, 0.15) is 23.7 Å². The monoisotopic (exact) mass is 410 g/mol. The lowest BCUT2D eigenvalue weighted by molar-refractivity contribution is -0.125. The molecule has 0 unspecified atom stereocenters. The smallest absolute Gasteiger partial charge is 0.251 e. The number of carbonyl (C=O) groups excluding carboxylic acids is 2. The molecule has 7 heteroatoms. The van der Waals surface area contributed by atoms with Crippen LogP contribution in [0.15, 0.2) is 54.6 Å². The van der Waals surface area contributed by atoms with Crippen LogP contribution in [0.1, 0.15) is 24.2 Å². The van der Waals surface area contributed by atoms with E-state index in [0.29, 0.717) is 30.3 Å². The van der Waals surface area contributed by atoms with Gasteiger partial charge in [-0.3, -0.25) is 9.59 Å². The molecule has 2 N–H and O–H groups in total. The molecule has 2 heterocycles. The van der Waals surface area contributed by atoms with Crippen molar-refractivity contribution in [2.75, 3.05) is 13.2 Å². The summed E-state index contributed by atoms with van der Waals surface area (Å²) >= 11 is 0. The van der Waals surface area contributed by atoms with Crippen molar-refractivity contribution in [1.29, 1.82) is 0 Å². The van der Waals surface area contributed by atoms with E-state index in [0.717, 1.165) is 0 Å². The zero-order valence-corrected chi connectivity index (χ0v) is 17.0. The molecule has 2 aromatic carbocycles. The van der Waals surface area contributed by atoms with Gasteiger partial charge in [-0.1, -0.05) is 38.1 Å². The van der Waals surface area contributed by atoms with E-state index in [1.165, 1.54) is 0 Å². The van der Waals surface area contributed by atoms with Gasteiger partial charge in [0, 0.05) is 11.5 Å². The van der Waals surface area contributed by atoms with Crippen molar-refractivity contribution in [3.05, 3.63) is 60.2 Å². The highest BCUT2D eigenvalue weighted by Crippen LogP contribution is 2.28. The van der Waals surface area contributed by atoms with Gasteiger partial charge in [0.15, 0.2) is 0 Å². The molecule has 2 aromatic rings. The molecule has 0 bridgehead atoms. The minimum absolute atomic E-state index is 0.0319. The highest BCUT2D eigenvalue weighted by Gasteiger charge is 2.48. The molecule has 2 amide bonds. The van der Waals surface area contributed by atoms with Crippen LogP contribution in [0, 0.1) is 5.92 Å². The predicted octanol–water partition coefficient (Wildman–Crippen LogP) is 2.52. The summed E-state index contributed by atoms with van der Waals surface area (Å²) in [5, 5.41) is 5.96. The summed E-state index contributed by atoms with van der Waals surface area (Å²) in [6, 6.07) is 16.0. The first-order valence-corrected chi connectivity index (χ1v) is 10.2. The molecule has 158 valence electrons. The largest absolute Gasteiger partial charge is 0.457 e. The molecule has 7 nitrogen and oxygen atoms in total. The van der Waals surface area contributed by atoms with Gasteiger partial charge in [0.25, 0.3) is 5.91 Å². The van der Waals surface area contributed by atoms with E-state index >= 15 is 0 Å². The normalized spacial score (nSPS) is 25.0. The molecular formula is C23H26N2O5. The van der Waals surface area contributed by atoms with Crippen LogP contribution in [-0.4, -0.2) is 49.3 Å². The molecule has 0 spiro atoms. The average molecular weight is 410 g/mol. The molecule has 2 aliphatic heterocycles.